The van der Waals surface area contributed by atoms with Crippen molar-refractivity contribution in [3.05, 3.63) is 52.7 Å². The second kappa shape index (κ2) is 5.91. The van der Waals surface area contributed by atoms with Gasteiger partial charge in [0.1, 0.15) is 11.6 Å². The Morgan fingerprint density at radius 3 is 2.75 bits per heavy atom. The largest absolute Gasteiger partial charge is 0.496 e. The van der Waals surface area contributed by atoms with Gasteiger partial charge in [0.2, 0.25) is 0 Å². The number of ether oxygens (including phenoxy) is 1. The Labute approximate surface area is 160 Å². The van der Waals surface area contributed by atoms with Gasteiger partial charge >= 0.3 is 5.69 Å². The number of aliphatic imine (C=N–C) groups is 1. The van der Waals surface area contributed by atoms with Gasteiger partial charge in [0.15, 0.2) is 0 Å². The summed E-state index contributed by atoms with van der Waals surface area (Å²) in [5.74, 6) is 1.42. The standard InChI is InChI=1S/C20H18N6O2/c1-24-16-11-22-15-9-17(28-3)13(12-4-6-21-10-12)8-14(15)19(16)26(20(24)27)18-5-7-23-25(18)2/h4-5,7-11H,6H2,1-3H3. The number of imidazole rings is 1. The van der Waals surface area contributed by atoms with Crippen LogP contribution in [0.15, 0.2) is 46.5 Å². The summed E-state index contributed by atoms with van der Waals surface area (Å²) in [5.41, 5.74) is 4.08. The smallest absolute Gasteiger partial charge is 0.334 e. The van der Waals surface area contributed by atoms with E-state index in [-0.39, 0.29) is 5.69 Å². The number of aromatic nitrogens is 5. The van der Waals surface area contributed by atoms with Crippen LogP contribution in [-0.2, 0) is 14.1 Å². The normalized spacial score (nSPS) is 13.6. The molecule has 4 aromatic rings. The molecule has 0 saturated heterocycles. The van der Waals surface area contributed by atoms with Crippen molar-refractivity contribution in [1.82, 2.24) is 23.9 Å². The molecule has 0 atom stereocenters. The lowest BCUT2D eigenvalue weighted by Crippen LogP contribution is -2.22. The van der Waals surface area contributed by atoms with Crippen LogP contribution < -0.4 is 10.4 Å². The Balaban J connectivity index is 1.95. The molecule has 0 aliphatic carbocycles. The topological polar surface area (TPSA) is 79.2 Å². The summed E-state index contributed by atoms with van der Waals surface area (Å²) in [6.07, 6.45) is 7.30. The Bertz CT molecular complexity index is 1370. The molecule has 0 spiro atoms. The highest BCUT2D eigenvalue weighted by Crippen LogP contribution is 2.34. The van der Waals surface area contributed by atoms with Crippen molar-refractivity contribution in [1.29, 1.82) is 0 Å². The minimum Gasteiger partial charge on any atom is -0.496 e. The summed E-state index contributed by atoms with van der Waals surface area (Å²) in [7, 11) is 5.21. The first-order chi connectivity index (χ1) is 13.6. The predicted molar refractivity (Wildman–Crippen MR) is 108 cm³/mol. The van der Waals surface area contributed by atoms with Crippen LogP contribution in [0.2, 0.25) is 0 Å². The first-order valence-electron chi connectivity index (χ1n) is 8.87. The molecule has 0 radical (unpaired) electrons. The van der Waals surface area contributed by atoms with Crippen molar-refractivity contribution < 1.29 is 4.74 Å². The minimum atomic E-state index is -0.146. The summed E-state index contributed by atoms with van der Waals surface area (Å²) >= 11 is 0. The van der Waals surface area contributed by atoms with Gasteiger partial charge in [0.25, 0.3) is 0 Å². The fraction of sp³-hybridized carbons (Fsp3) is 0.200. The average molecular weight is 374 g/mol. The van der Waals surface area contributed by atoms with E-state index in [0.29, 0.717) is 12.4 Å². The molecule has 0 unspecified atom stereocenters. The Morgan fingerprint density at radius 2 is 2.07 bits per heavy atom. The molecule has 4 heterocycles. The number of aryl methyl sites for hydroxylation is 2. The maximum Gasteiger partial charge on any atom is 0.334 e. The Kier molecular flexibility index (Phi) is 3.48. The average Bonchev–Trinajstić information content (AvgIpc) is 3.43. The lowest BCUT2D eigenvalue weighted by molar-refractivity contribution is 0.414. The highest BCUT2D eigenvalue weighted by atomic mass is 16.5. The number of rotatable bonds is 3. The Morgan fingerprint density at radius 1 is 1.21 bits per heavy atom. The quantitative estimate of drug-likeness (QED) is 0.550. The number of hydrogen-bond donors (Lipinski definition) is 0. The first-order valence-corrected chi connectivity index (χ1v) is 8.87. The van der Waals surface area contributed by atoms with Crippen LogP contribution in [0.4, 0.5) is 0 Å². The van der Waals surface area contributed by atoms with Crippen LogP contribution >= 0.6 is 0 Å². The van der Waals surface area contributed by atoms with Crippen molar-refractivity contribution >= 4 is 33.7 Å². The second-order valence-corrected chi connectivity index (χ2v) is 6.71. The SMILES string of the molecule is COc1cc2ncc3c(c2cc1C1=CCN=C1)n(-c1ccnn1C)c(=O)n3C. The van der Waals surface area contributed by atoms with Crippen LogP contribution in [0, 0.1) is 0 Å². The van der Waals surface area contributed by atoms with Crippen molar-refractivity contribution in [2.75, 3.05) is 13.7 Å². The molecule has 3 aromatic heterocycles. The molecule has 5 rings (SSSR count). The van der Waals surface area contributed by atoms with Crippen LogP contribution in [0.3, 0.4) is 0 Å². The lowest BCUT2D eigenvalue weighted by atomic mass is 10.0. The van der Waals surface area contributed by atoms with Gasteiger partial charge in [-0.25, -0.2) is 9.36 Å². The molecular formula is C20H18N6O2. The first kappa shape index (κ1) is 16.5. The highest BCUT2D eigenvalue weighted by molar-refractivity contribution is 6.15. The van der Waals surface area contributed by atoms with E-state index < -0.39 is 0 Å². The van der Waals surface area contributed by atoms with E-state index in [1.807, 2.05) is 31.5 Å². The van der Waals surface area contributed by atoms with Crippen molar-refractivity contribution in [2.24, 2.45) is 19.1 Å². The summed E-state index contributed by atoms with van der Waals surface area (Å²) < 4.78 is 10.6. The van der Waals surface area contributed by atoms with E-state index in [9.17, 15) is 4.79 Å². The number of nitrogens with zero attached hydrogens (tertiary/aromatic N) is 6. The van der Waals surface area contributed by atoms with Crippen molar-refractivity contribution in [2.45, 2.75) is 0 Å². The zero-order chi connectivity index (χ0) is 19.4. The molecule has 8 nitrogen and oxygen atoms in total. The molecule has 28 heavy (non-hydrogen) atoms. The van der Waals surface area contributed by atoms with E-state index in [0.717, 1.165) is 38.8 Å². The molecule has 0 fully saturated rings. The van der Waals surface area contributed by atoms with Crippen LogP contribution in [-0.4, -0.2) is 43.8 Å². The van der Waals surface area contributed by atoms with Gasteiger partial charge in [0, 0.05) is 49.0 Å². The maximum absolute atomic E-state index is 13.0. The van der Waals surface area contributed by atoms with Gasteiger partial charge in [-0.15, -0.1) is 0 Å². The third kappa shape index (κ3) is 2.17. The van der Waals surface area contributed by atoms with E-state index in [4.69, 9.17) is 4.74 Å². The van der Waals surface area contributed by atoms with E-state index in [2.05, 4.69) is 21.2 Å². The molecular weight excluding hydrogens is 356 g/mol. The maximum atomic E-state index is 13.0. The molecule has 1 aromatic carbocycles. The number of hydrogen-bond acceptors (Lipinski definition) is 5. The molecule has 0 saturated carbocycles. The molecule has 140 valence electrons. The monoisotopic (exact) mass is 374 g/mol. The molecule has 1 aliphatic heterocycles. The number of fused-ring (bicyclic) bond motifs is 3. The van der Waals surface area contributed by atoms with Gasteiger partial charge in [-0.1, -0.05) is 6.08 Å². The second-order valence-electron chi connectivity index (χ2n) is 6.71. The van der Waals surface area contributed by atoms with Gasteiger partial charge in [-0.3, -0.25) is 19.2 Å². The zero-order valence-electron chi connectivity index (χ0n) is 15.7. The molecule has 8 heteroatoms. The highest BCUT2D eigenvalue weighted by Gasteiger charge is 2.20. The number of pyridine rings is 1. The molecule has 0 bridgehead atoms. The molecule has 1 aliphatic rings. The lowest BCUT2D eigenvalue weighted by Gasteiger charge is -2.11. The van der Waals surface area contributed by atoms with Crippen molar-refractivity contribution in [3.63, 3.8) is 0 Å². The van der Waals surface area contributed by atoms with Crippen molar-refractivity contribution in [3.8, 4) is 11.6 Å². The Hall–Kier alpha value is -3.68. The molecule has 0 amide bonds. The predicted octanol–water partition coefficient (Wildman–Crippen LogP) is 2.09. The summed E-state index contributed by atoms with van der Waals surface area (Å²) in [6.45, 7) is 0.657. The van der Waals surface area contributed by atoms with Gasteiger partial charge in [-0.05, 0) is 6.07 Å². The third-order valence-corrected chi connectivity index (χ3v) is 5.19. The molecule has 0 N–H and O–H groups in total. The van der Waals surface area contributed by atoms with Crippen LogP contribution in [0.5, 0.6) is 5.75 Å². The number of benzene rings is 1. The van der Waals surface area contributed by atoms with E-state index >= 15 is 0 Å². The minimum absolute atomic E-state index is 0.146. The number of allylic oxidation sites excluding steroid dienone is 1. The number of methoxy groups -OCH3 is 1. The van der Waals surface area contributed by atoms with E-state index in [1.54, 1.807) is 40.4 Å². The third-order valence-electron chi connectivity index (χ3n) is 5.19. The van der Waals surface area contributed by atoms with E-state index in [1.165, 1.54) is 0 Å². The van der Waals surface area contributed by atoms with Crippen LogP contribution in [0.25, 0.3) is 33.3 Å². The van der Waals surface area contributed by atoms with Crippen LogP contribution in [0.1, 0.15) is 5.56 Å². The van der Waals surface area contributed by atoms with Gasteiger partial charge in [-0.2, -0.15) is 5.10 Å². The summed E-state index contributed by atoms with van der Waals surface area (Å²) in [5, 5.41) is 5.09. The fourth-order valence-electron chi connectivity index (χ4n) is 3.75. The van der Waals surface area contributed by atoms with Gasteiger partial charge in [0.05, 0.1) is 42.6 Å². The van der Waals surface area contributed by atoms with Gasteiger partial charge < -0.3 is 4.74 Å². The summed E-state index contributed by atoms with van der Waals surface area (Å²) in [6, 6.07) is 5.75. The fourth-order valence-corrected chi connectivity index (χ4v) is 3.75. The zero-order valence-corrected chi connectivity index (χ0v) is 15.7. The summed E-state index contributed by atoms with van der Waals surface area (Å²) in [4.78, 5) is 21.9.